The van der Waals surface area contributed by atoms with Crippen molar-refractivity contribution in [1.29, 1.82) is 0 Å². The number of allylic oxidation sites excluding steroid dienone is 1. The first-order valence-corrected chi connectivity index (χ1v) is 8.97. The molecule has 0 spiro atoms. The van der Waals surface area contributed by atoms with Crippen molar-refractivity contribution in [3.63, 3.8) is 0 Å². The number of likely N-dealkylation sites (tertiary alicyclic amines) is 1. The first kappa shape index (κ1) is 17.3. The Kier molecular flexibility index (Phi) is 5.83. The van der Waals surface area contributed by atoms with Gasteiger partial charge in [0.15, 0.2) is 16.3 Å². The molecule has 24 heavy (non-hydrogen) atoms. The van der Waals surface area contributed by atoms with E-state index in [0.29, 0.717) is 34.8 Å². The maximum absolute atomic E-state index is 14.3. The Balaban J connectivity index is 1.72. The van der Waals surface area contributed by atoms with E-state index in [1.807, 2.05) is 6.07 Å². The Morgan fingerprint density at radius 3 is 2.88 bits per heavy atom. The maximum Gasteiger partial charge on any atom is 0.213 e. The van der Waals surface area contributed by atoms with Crippen LogP contribution in [0.1, 0.15) is 18.4 Å². The fourth-order valence-electron chi connectivity index (χ4n) is 3.22. The van der Waals surface area contributed by atoms with E-state index in [1.165, 1.54) is 6.20 Å². The number of nitrogens with zero attached hydrogens (tertiary/aromatic N) is 3. The Labute approximate surface area is 150 Å². The maximum atomic E-state index is 14.3. The topological polar surface area (TPSA) is 38.2 Å². The zero-order valence-corrected chi connectivity index (χ0v) is 15.1. The SMILES string of the molecule is COc1ccc2ncc(F)c(CCN3CCC(/C=[CH]/[Al])CC3)c2n1. The van der Waals surface area contributed by atoms with Crippen molar-refractivity contribution in [2.75, 3.05) is 26.7 Å². The molecule has 1 aliphatic heterocycles. The summed E-state index contributed by atoms with van der Waals surface area (Å²) >= 11 is 2.64. The van der Waals surface area contributed by atoms with Crippen LogP contribution in [0.2, 0.25) is 0 Å². The Morgan fingerprint density at radius 1 is 1.38 bits per heavy atom. The molecule has 0 amide bonds. The van der Waals surface area contributed by atoms with Crippen LogP contribution in [-0.2, 0) is 6.42 Å². The smallest absolute Gasteiger partial charge is 0.213 e. The molecule has 6 heteroatoms. The standard InChI is InChI=1S/C18H21FN3O.Al/c1-3-13-6-9-22(10-7-13)11-8-14-15(19)12-20-16-4-5-17(23-2)21-18(14)16;/h1,3-5,12-13H,6-11H2,2H3;. The fourth-order valence-corrected chi connectivity index (χ4v) is 3.54. The van der Waals surface area contributed by atoms with Crippen LogP contribution < -0.4 is 4.74 Å². The fraction of sp³-hybridized carbons (Fsp3) is 0.444. The third kappa shape index (κ3) is 3.95. The molecule has 0 aromatic carbocycles. The molecule has 2 aromatic rings. The van der Waals surface area contributed by atoms with Crippen LogP contribution >= 0.6 is 0 Å². The molecule has 2 aromatic heterocycles. The molecule has 124 valence electrons. The molecular weight excluding hydrogens is 320 g/mol. The highest BCUT2D eigenvalue weighted by atomic mass is 27.0. The molecule has 0 atom stereocenters. The first-order chi connectivity index (χ1) is 11.7. The number of ether oxygens (including phenoxy) is 1. The van der Waals surface area contributed by atoms with Crippen molar-refractivity contribution < 1.29 is 9.13 Å². The lowest BCUT2D eigenvalue weighted by molar-refractivity contribution is 0.205. The van der Waals surface area contributed by atoms with Gasteiger partial charge in [-0.3, -0.25) is 4.98 Å². The lowest BCUT2D eigenvalue weighted by atomic mass is 9.97. The second-order valence-corrected chi connectivity index (χ2v) is 6.50. The zero-order valence-electron chi connectivity index (χ0n) is 13.9. The molecule has 1 saturated heterocycles. The lowest BCUT2D eigenvalue weighted by Gasteiger charge is -2.30. The predicted octanol–water partition coefficient (Wildman–Crippen LogP) is 2.71. The van der Waals surface area contributed by atoms with E-state index in [9.17, 15) is 4.39 Å². The van der Waals surface area contributed by atoms with Gasteiger partial charge in [-0.15, -0.1) is 6.08 Å². The number of hydrogen-bond acceptors (Lipinski definition) is 4. The first-order valence-electron chi connectivity index (χ1n) is 8.30. The van der Waals surface area contributed by atoms with Gasteiger partial charge in [0.25, 0.3) is 0 Å². The number of pyridine rings is 2. The summed E-state index contributed by atoms with van der Waals surface area (Å²) in [5.41, 5.74) is 1.94. The minimum absolute atomic E-state index is 0.288. The molecule has 0 unspecified atom stereocenters. The second-order valence-electron chi connectivity index (χ2n) is 6.12. The highest BCUT2D eigenvalue weighted by molar-refractivity contribution is 6.16. The summed E-state index contributed by atoms with van der Waals surface area (Å²) in [6.07, 6.45) is 6.51. The third-order valence-electron chi connectivity index (χ3n) is 4.64. The van der Waals surface area contributed by atoms with Crippen molar-refractivity contribution in [3.05, 3.63) is 40.7 Å². The van der Waals surface area contributed by atoms with Gasteiger partial charge in [-0.05, 0) is 44.3 Å². The summed E-state index contributed by atoms with van der Waals surface area (Å²) in [7, 11) is 1.56. The number of hydrogen-bond donors (Lipinski definition) is 0. The van der Waals surface area contributed by atoms with Crippen molar-refractivity contribution >= 4 is 27.3 Å². The van der Waals surface area contributed by atoms with E-state index in [-0.39, 0.29) is 5.82 Å². The third-order valence-corrected chi connectivity index (χ3v) is 4.86. The highest BCUT2D eigenvalue weighted by Gasteiger charge is 2.18. The molecule has 3 heterocycles. The number of methoxy groups -OCH3 is 1. The molecule has 0 saturated carbocycles. The van der Waals surface area contributed by atoms with Crippen LogP contribution in [0.4, 0.5) is 4.39 Å². The Bertz CT molecular complexity index is 730. The largest absolute Gasteiger partial charge is 0.481 e. The molecule has 0 N–H and O–H groups in total. The van der Waals surface area contributed by atoms with Gasteiger partial charge >= 0.3 is 0 Å². The number of piperidine rings is 1. The van der Waals surface area contributed by atoms with Crippen LogP contribution in [-0.4, -0.2) is 57.9 Å². The van der Waals surface area contributed by atoms with E-state index in [0.717, 1.165) is 32.5 Å². The number of fused-ring (bicyclic) bond motifs is 1. The van der Waals surface area contributed by atoms with E-state index in [2.05, 4.69) is 42.2 Å². The predicted molar refractivity (Wildman–Crippen MR) is 93.8 cm³/mol. The summed E-state index contributed by atoms with van der Waals surface area (Å²) in [4.78, 5) is 13.0. The van der Waals surface area contributed by atoms with E-state index in [1.54, 1.807) is 13.2 Å². The van der Waals surface area contributed by atoms with Gasteiger partial charge in [0, 0.05) is 18.2 Å². The molecule has 2 radical (unpaired) electrons. The van der Waals surface area contributed by atoms with Crippen molar-refractivity contribution in [2.45, 2.75) is 19.3 Å². The van der Waals surface area contributed by atoms with Gasteiger partial charge in [0.2, 0.25) is 5.88 Å². The van der Waals surface area contributed by atoms with Crippen LogP contribution in [0.3, 0.4) is 0 Å². The zero-order chi connectivity index (χ0) is 16.9. The Morgan fingerprint density at radius 2 is 2.17 bits per heavy atom. The minimum atomic E-state index is -0.288. The summed E-state index contributed by atoms with van der Waals surface area (Å²) in [6, 6.07) is 3.58. The van der Waals surface area contributed by atoms with Gasteiger partial charge in [-0.1, -0.05) is 0 Å². The lowest BCUT2D eigenvalue weighted by Crippen LogP contribution is -2.34. The normalized spacial score (nSPS) is 16.9. The van der Waals surface area contributed by atoms with Crippen molar-refractivity contribution in [3.8, 4) is 5.88 Å². The van der Waals surface area contributed by atoms with Crippen LogP contribution in [0.25, 0.3) is 11.0 Å². The molecule has 0 bridgehead atoms. The monoisotopic (exact) mass is 341 g/mol. The quantitative estimate of drug-likeness (QED) is 0.784. The molecule has 1 aliphatic rings. The van der Waals surface area contributed by atoms with Crippen LogP contribution in [0, 0.1) is 11.7 Å². The summed E-state index contributed by atoms with van der Waals surface area (Å²) < 4.78 is 19.5. The number of aromatic nitrogens is 2. The van der Waals surface area contributed by atoms with E-state index in [4.69, 9.17) is 4.74 Å². The number of rotatable bonds is 5. The number of halogens is 1. The summed E-state index contributed by atoms with van der Waals surface area (Å²) in [6.45, 7) is 2.95. The highest BCUT2D eigenvalue weighted by Crippen LogP contribution is 2.23. The second kappa shape index (κ2) is 8.07. The molecular formula is C18H21AlFN3O. The summed E-state index contributed by atoms with van der Waals surface area (Å²) in [5, 5.41) is 0. The van der Waals surface area contributed by atoms with Crippen molar-refractivity contribution in [1.82, 2.24) is 14.9 Å². The minimum Gasteiger partial charge on any atom is -0.481 e. The van der Waals surface area contributed by atoms with Gasteiger partial charge in [-0.2, -0.15) is 4.94 Å². The Hall–Kier alpha value is -1.48. The van der Waals surface area contributed by atoms with Crippen molar-refractivity contribution in [2.24, 2.45) is 5.92 Å². The molecule has 1 fully saturated rings. The van der Waals surface area contributed by atoms with Gasteiger partial charge in [0.05, 0.1) is 24.3 Å². The summed E-state index contributed by atoms with van der Waals surface area (Å²) in [5.74, 6) is 0.869. The van der Waals surface area contributed by atoms with E-state index >= 15 is 0 Å². The van der Waals surface area contributed by atoms with Gasteiger partial charge < -0.3 is 9.64 Å². The van der Waals surface area contributed by atoms with E-state index < -0.39 is 0 Å². The molecule has 4 nitrogen and oxygen atoms in total. The molecule has 3 rings (SSSR count). The molecule has 0 aliphatic carbocycles. The van der Waals surface area contributed by atoms with Gasteiger partial charge in [0.1, 0.15) is 5.82 Å². The van der Waals surface area contributed by atoms with Gasteiger partial charge in [-0.25, -0.2) is 9.37 Å². The average molecular weight is 341 g/mol. The van der Waals surface area contributed by atoms with Crippen LogP contribution in [0.15, 0.2) is 29.3 Å². The average Bonchev–Trinajstić information content (AvgIpc) is 2.62. The van der Waals surface area contributed by atoms with Crippen LogP contribution in [0.5, 0.6) is 5.88 Å².